The van der Waals surface area contributed by atoms with Crippen molar-refractivity contribution in [2.75, 3.05) is 19.6 Å². The fourth-order valence-corrected chi connectivity index (χ4v) is 2.91. The molecule has 2 aromatic heterocycles. The molecule has 0 bridgehead atoms. The van der Waals surface area contributed by atoms with Crippen molar-refractivity contribution in [1.82, 2.24) is 30.2 Å². The highest BCUT2D eigenvalue weighted by Gasteiger charge is 2.31. The number of halogens is 5. The molecule has 0 radical (unpaired) electrons. The predicted molar refractivity (Wildman–Crippen MR) is 101 cm³/mol. The molecule has 0 aliphatic carbocycles. The molecule has 0 spiro atoms. The Bertz CT molecular complexity index is 762. The Morgan fingerprint density at radius 2 is 2.11 bits per heavy atom. The molecule has 7 nitrogen and oxygen atoms in total. The van der Waals surface area contributed by atoms with Crippen molar-refractivity contribution in [2.45, 2.75) is 32.0 Å². The van der Waals surface area contributed by atoms with Crippen molar-refractivity contribution in [3.63, 3.8) is 0 Å². The van der Waals surface area contributed by atoms with Gasteiger partial charge in [-0.25, -0.2) is 9.67 Å². The second-order valence-electron chi connectivity index (χ2n) is 6.10. The van der Waals surface area contributed by atoms with E-state index < -0.39 is 11.7 Å². The maximum atomic E-state index is 12.8. The van der Waals surface area contributed by atoms with Gasteiger partial charge < -0.3 is 10.2 Å². The molecular weight excluding hydrogens is 420 g/mol. The maximum absolute atomic E-state index is 12.8. The largest absolute Gasteiger partial charge is 0.417 e. The van der Waals surface area contributed by atoms with E-state index in [1.54, 1.807) is 4.90 Å². The molecular formula is C16H21Cl2F3N6O. The quantitative estimate of drug-likeness (QED) is 0.773. The van der Waals surface area contributed by atoms with Crippen LogP contribution in [0.1, 0.15) is 35.8 Å². The third-order valence-electron chi connectivity index (χ3n) is 4.22. The Morgan fingerprint density at radius 3 is 2.64 bits per heavy atom. The fraction of sp³-hybridized carbons (Fsp3) is 0.500. The van der Waals surface area contributed by atoms with Gasteiger partial charge in [-0.1, -0.05) is 12.1 Å². The summed E-state index contributed by atoms with van der Waals surface area (Å²) in [5, 5.41) is 10.9. The van der Waals surface area contributed by atoms with Crippen molar-refractivity contribution in [3.05, 3.63) is 35.8 Å². The number of pyridine rings is 1. The predicted octanol–water partition coefficient (Wildman–Crippen LogP) is 2.74. The van der Waals surface area contributed by atoms with Gasteiger partial charge in [0.15, 0.2) is 11.5 Å². The molecule has 1 unspecified atom stereocenters. The number of alkyl halides is 3. The highest BCUT2D eigenvalue weighted by atomic mass is 35.5. The first-order chi connectivity index (χ1) is 12.4. The second kappa shape index (κ2) is 10.0. The number of nitrogens with zero attached hydrogens (tertiary/aromatic N) is 5. The summed E-state index contributed by atoms with van der Waals surface area (Å²) in [6, 6.07) is 2.21. The van der Waals surface area contributed by atoms with Crippen LogP contribution in [0.5, 0.6) is 0 Å². The van der Waals surface area contributed by atoms with E-state index in [1.165, 1.54) is 16.9 Å². The molecule has 1 atom stereocenters. The van der Waals surface area contributed by atoms with Crippen LogP contribution >= 0.6 is 24.8 Å². The molecule has 1 aliphatic rings. The lowest BCUT2D eigenvalue weighted by Crippen LogP contribution is -2.42. The standard InChI is InChI=1S/C16H19F3N6O.2ClH/c1-2-7-24(12-5-6-20-9-12)15(26)13-10-25(23-22-13)14-4-3-11(8-21-14)16(17,18)19;;/h3-4,8,10,12,20H,2,5-7,9H2,1H3;2*1H. The summed E-state index contributed by atoms with van der Waals surface area (Å²) in [6.45, 7) is 4.20. The summed E-state index contributed by atoms with van der Waals surface area (Å²) < 4.78 is 39.0. The zero-order chi connectivity index (χ0) is 18.7. The number of amides is 1. The van der Waals surface area contributed by atoms with Gasteiger partial charge in [0.2, 0.25) is 0 Å². The Morgan fingerprint density at radius 1 is 1.36 bits per heavy atom. The highest BCUT2D eigenvalue weighted by molar-refractivity contribution is 5.92. The van der Waals surface area contributed by atoms with E-state index in [-0.39, 0.29) is 48.3 Å². The SMILES string of the molecule is CCCN(C(=O)c1cn(-c2ccc(C(F)(F)F)cn2)nn1)C1CCNC1.Cl.Cl. The van der Waals surface area contributed by atoms with Crippen molar-refractivity contribution in [3.8, 4) is 5.82 Å². The number of hydrogen-bond acceptors (Lipinski definition) is 5. The molecule has 1 amide bonds. The molecule has 1 fully saturated rings. The normalized spacial score (nSPS) is 16.2. The van der Waals surface area contributed by atoms with E-state index in [9.17, 15) is 18.0 Å². The van der Waals surface area contributed by atoms with Crippen molar-refractivity contribution >= 4 is 30.7 Å². The molecule has 1 saturated heterocycles. The zero-order valence-corrected chi connectivity index (χ0v) is 16.6. The van der Waals surface area contributed by atoms with E-state index in [4.69, 9.17) is 0 Å². The first-order valence-electron chi connectivity index (χ1n) is 8.38. The van der Waals surface area contributed by atoms with Crippen molar-refractivity contribution in [1.29, 1.82) is 0 Å². The van der Waals surface area contributed by atoms with Crippen LogP contribution in [0.4, 0.5) is 13.2 Å². The van der Waals surface area contributed by atoms with E-state index in [0.717, 1.165) is 38.2 Å². The summed E-state index contributed by atoms with van der Waals surface area (Å²) >= 11 is 0. The minimum Gasteiger partial charge on any atom is -0.333 e. The van der Waals surface area contributed by atoms with Gasteiger partial charge in [0, 0.05) is 25.3 Å². The third-order valence-corrected chi connectivity index (χ3v) is 4.22. The summed E-state index contributed by atoms with van der Waals surface area (Å²) in [5.74, 6) is -0.0761. The molecule has 1 N–H and O–H groups in total. The van der Waals surface area contributed by atoms with Gasteiger partial charge in [-0.05, 0) is 31.5 Å². The molecule has 3 heterocycles. The van der Waals surface area contributed by atoms with Crippen LogP contribution < -0.4 is 5.32 Å². The molecule has 2 aromatic rings. The topological polar surface area (TPSA) is 75.9 Å². The van der Waals surface area contributed by atoms with E-state index in [2.05, 4.69) is 20.6 Å². The van der Waals surface area contributed by atoms with Crippen LogP contribution in [-0.2, 0) is 6.18 Å². The number of carbonyl (C=O) groups excluding carboxylic acids is 1. The van der Waals surface area contributed by atoms with E-state index in [1.807, 2.05) is 6.92 Å². The average molecular weight is 441 g/mol. The minimum atomic E-state index is -4.45. The lowest BCUT2D eigenvalue weighted by Gasteiger charge is -2.27. The van der Waals surface area contributed by atoms with Gasteiger partial charge in [0.05, 0.1) is 11.8 Å². The monoisotopic (exact) mass is 440 g/mol. The number of carbonyl (C=O) groups is 1. The highest BCUT2D eigenvalue weighted by Crippen LogP contribution is 2.28. The van der Waals surface area contributed by atoms with Crippen LogP contribution in [0.2, 0.25) is 0 Å². The second-order valence-corrected chi connectivity index (χ2v) is 6.10. The van der Waals surface area contributed by atoms with Gasteiger partial charge in [0.1, 0.15) is 0 Å². The molecule has 0 aromatic carbocycles. The van der Waals surface area contributed by atoms with Gasteiger partial charge in [-0.2, -0.15) is 13.2 Å². The first-order valence-corrected chi connectivity index (χ1v) is 8.38. The van der Waals surface area contributed by atoms with Gasteiger partial charge in [-0.3, -0.25) is 4.79 Å². The Hall–Kier alpha value is -1.91. The fourth-order valence-electron chi connectivity index (χ4n) is 2.91. The zero-order valence-electron chi connectivity index (χ0n) is 15.0. The Labute approximate surface area is 172 Å². The first kappa shape index (κ1) is 24.1. The average Bonchev–Trinajstić information content (AvgIpc) is 3.30. The van der Waals surface area contributed by atoms with Crippen molar-refractivity contribution < 1.29 is 18.0 Å². The van der Waals surface area contributed by atoms with Gasteiger partial charge in [-0.15, -0.1) is 29.9 Å². The molecule has 28 heavy (non-hydrogen) atoms. The Kier molecular flexibility index (Phi) is 8.65. The smallest absolute Gasteiger partial charge is 0.333 e. The number of rotatable bonds is 5. The Balaban J connectivity index is 0.00000196. The molecule has 0 saturated carbocycles. The van der Waals surface area contributed by atoms with E-state index in [0.29, 0.717) is 6.54 Å². The summed E-state index contributed by atoms with van der Waals surface area (Å²) in [6.07, 6.45) is -0.642. The molecule has 12 heteroatoms. The van der Waals surface area contributed by atoms with Crippen LogP contribution in [0, 0.1) is 0 Å². The lowest BCUT2D eigenvalue weighted by atomic mass is 10.2. The number of aromatic nitrogens is 4. The molecule has 1 aliphatic heterocycles. The van der Waals surface area contributed by atoms with Crippen LogP contribution in [-0.4, -0.2) is 56.5 Å². The lowest BCUT2D eigenvalue weighted by molar-refractivity contribution is -0.137. The van der Waals surface area contributed by atoms with Crippen LogP contribution in [0.15, 0.2) is 24.5 Å². The van der Waals surface area contributed by atoms with Crippen molar-refractivity contribution in [2.24, 2.45) is 0 Å². The number of hydrogen-bond donors (Lipinski definition) is 1. The van der Waals surface area contributed by atoms with Crippen LogP contribution in [0.3, 0.4) is 0 Å². The maximum Gasteiger partial charge on any atom is 0.417 e. The molecule has 3 rings (SSSR count). The summed E-state index contributed by atoms with van der Waals surface area (Å²) in [7, 11) is 0. The number of nitrogens with one attached hydrogen (secondary N) is 1. The molecule has 156 valence electrons. The van der Waals surface area contributed by atoms with Gasteiger partial charge >= 0.3 is 6.18 Å². The third kappa shape index (κ3) is 5.33. The summed E-state index contributed by atoms with van der Waals surface area (Å²) in [4.78, 5) is 18.3. The minimum absolute atomic E-state index is 0. The van der Waals surface area contributed by atoms with Crippen LogP contribution in [0.25, 0.3) is 5.82 Å². The van der Waals surface area contributed by atoms with Gasteiger partial charge in [0.25, 0.3) is 5.91 Å². The van der Waals surface area contributed by atoms with E-state index >= 15 is 0 Å². The summed E-state index contributed by atoms with van der Waals surface area (Å²) in [5.41, 5.74) is -0.701.